The molecule has 3 rings (SSSR count). The highest BCUT2D eigenvalue weighted by molar-refractivity contribution is 5.92. The van der Waals surface area contributed by atoms with Crippen LogP contribution in [-0.2, 0) is 16.0 Å². The van der Waals surface area contributed by atoms with Crippen LogP contribution in [0.3, 0.4) is 0 Å². The molecule has 0 aromatic heterocycles. The minimum Gasteiger partial charge on any atom is -0.508 e. The molecule has 0 aliphatic carbocycles. The predicted molar refractivity (Wildman–Crippen MR) is 101 cm³/mol. The zero-order valence-corrected chi connectivity index (χ0v) is 14.8. The average molecular weight is 356 g/mol. The average Bonchev–Trinajstić information content (AvgIpc) is 3.15. The molecule has 138 valence electrons. The van der Waals surface area contributed by atoms with Crippen LogP contribution in [0.25, 0.3) is 0 Å². The van der Waals surface area contributed by atoms with E-state index in [9.17, 15) is 9.90 Å². The van der Waals surface area contributed by atoms with E-state index in [4.69, 9.17) is 9.47 Å². The number of para-hydroxylation sites is 1. The molecule has 0 bridgehead atoms. The van der Waals surface area contributed by atoms with Crippen LogP contribution in [0.4, 0.5) is 11.4 Å². The van der Waals surface area contributed by atoms with Gasteiger partial charge in [-0.25, -0.2) is 4.79 Å². The second kappa shape index (κ2) is 8.58. The van der Waals surface area contributed by atoms with E-state index in [1.54, 1.807) is 31.2 Å². The Balaban J connectivity index is 1.81. The summed E-state index contributed by atoms with van der Waals surface area (Å²) in [7, 11) is 0. The fraction of sp³-hybridized carbons (Fsp3) is 0.350. The highest BCUT2D eigenvalue weighted by Gasteiger charge is 2.18. The number of carbonyl (C=O) groups excluding carboxylic acids is 1. The molecule has 1 unspecified atom stereocenters. The van der Waals surface area contributed by atoms with Crippen molar-refractivity contribution in [1.82, 2.24) is 0 Å². The van der Waals surface area contributed by atoms with Crippen LogP contribution >= 0.6 is 0 Å². The van der Waals surface area contributed by atoms with Gasteiger partial charge in [-0.3, -0.25) is 0 Å². The van der Waals surface area contributed by atoms with E-state index in [0.717, 1.165) is 30.0 Å². The van der Waals surface area contributed by atoms with E-state index in [0.29, 0.717) is 25.3 Å². The standard InChI is InChI=1S/C20H24N2O4/c1-2-26-20(24)14-7-8-17(22-16-9-10-25-13-16)18(11-14)21-12-15-5-3-4-6-19(15)23/h3-8,11,16,21-23H,2,9-10,12-13H2,1H3. The van der Waals surface area contributed by atoms with Crippen molar-refractivity contribution in [2.45, 2.75) is 25.9 Å². The topological polar surface area (TPSA) is 79.8 Å². The largest absolute Gasteiger partial charge is 0.508 e. The molecular weight excluding hydrogens is 332 g/mol. The third-order valence-corrected chi connectivity index (χ3v) is 4.28. The van der Waals surface area contributed by atoms with Gasteiger partial charge in [0.1, 0.15) is 5.75 Å². The molecule has 0 radical (unpaired) electrons. The summed E-state index contributed by atoms with van der Waals surface area (Å²) < 4.78 is 10.5. The lowest BCUT2D eigenvalue weighted by Crippen LogP contribution is -2.20. The van der Waals surface area contributed by atoms with Crippen molar-refractivity contribution in [2.75, 3.05) is 30.5 Å². The van der Waals surface area contributed by atoms with Crippen molar-refractivity contribution in [1.29, 1.82) is 0 Å². The molecule has 1 heterocycles. The summed E-state index contributed by atoms with van der Waals surface area (Å²) in [6.07, 6.45) is 0.943. The first-order chi connectivity index (χ1) is 12.7. The van der Waals surface area contributed by atoms with Crippen molar-refractivity contribution in [3.63, 3.8) is 0 Å². The Morgan fingerprint density at radius 1 is 1.27 bits per heavy atom. The monoisotopic (exact) mass is 356 g/mol. The minimum atomic E-state index is -0.353. The summed E-state index contributed by atoms with van der Waals surface area (Å²) in [5.74, 6) is -0.117. The molecule has 1 fully saturated rings. The lowest BCUT2D eigenvalue weighted by Gasteiger charge is -2.18. The maximum Gasteiger partial charge on any atom is 0.338 e. The summed E-state index contributed by atoms with van der Waals surface area (Å²) in [5, 5.41) is 16.7. The Kier molecular flexibility index (Phi) is 5.96. The van der Waals surface area contributed by atoms with Crippen molar-refractivity contribution >= 4 is 17.3 Å². The number of esters is 1. The summed E-state index contributed by atoms with van der Waals surface area (Å²) in [6, 6.07) is 12.8. The molecule has 1 atom stereocenters. The van der Waals surface area contributed by atoms with Crippen molar-refractivity contribution in [2.24, 2.45) is 0 Å². The van der Waals surface area contributed by atoms with Gasteiger partial charge in [0.2, 0.25) is 0 Å². The van der Waals surface area contributed by atoms with Gasteiger partial charge in [0.05, 0.1) is 36.2 Å². The van der Waals surface area contributed by atoms with Gasteiger partial charge in [-0.2, -0.15) is 0 Å². The van der Waals surface area contributed by atoms with Crippen molar-refractivity contribution < 1.29 is 19.4 Å². The van der Waals surface area contributed by atoms with Crippen molar-refractivity contribution in [3.05, 3.63) is 53.6 Å². The van der Waals surface area contributed by atoms with Crippen LogP contribution in [-0.4, -0.2) is 36.9 Å². The molecule has 2 aromatic carbocycles. The summed E-state index contributed by atoms with van der Waals surface area (Å²) in [6.45, 7) is 3.97. The smallest absolute Gasteiger partial charge is 0.338 e. The van der Waals surface area contributed by atoms with E-state index >= 15 is 0 Å². The van der Waals surface area contributed by atoms with Gasteiger partial charge in [-0.05, 0) is 37.6 Å². The Bertz CT molecular complexity index is 757. The fourth-order valence-electron chi connectivity index (χ4n) is 2.88. The molecule has 0 amide bonds. The highest BCUT2D eigenvalue weighted by Crippen LogP contribution is 2.27. The summed E-state index contributed by atoms with van der Waals surface area (Å²) in [5.41, 5.74) is 2.94. The van der Waals surface area contributed by atoms with E-state index in [2.05, 4.69) is 10.6 Å². The zero-order valence-electron chi connectivity index (χ0n) is 14.8. The number of phenols is 1. The van der Waals surface area contributed by atoms with Gasteiger partial charge in [-0.15, -0.1) is 0 Å². The molecular formula is C20H24N2O4. The summed E-state index contributed by atoms with van der Waals surface area (Å²) in [4.78, 5) is 12.1. The minimum absolute atomic E-state index is 0.236. The first-order valence-corrected chi connectivity index (χ1v) is 8.83. The molecule has 26 heavy (non-hydrogen) atoms. The Morgan fingerprint density at radius 3 is 2.85 bits per heavy atom. The van der Waals surface area contributed by atoms with E-state index in [1.807, 2.05) is 18.2 Å². The number of hydrogen-bond donors (Lipinski definition) is 3. The maximum absolute atomic E-state index is 12.1. The molecule has 1 saturated heterocycles. The van der Waals surface area contributed by atoms with E-state index < -0.39 is 0 Å². The molecule has 2 aromatic rings. The second-order valence-electron chi connectivity index (χ2n) is 6.17. The first kappa shape index (κ1) is 18.1. The van der Waals surface area contributed by atoms with Gasteiger partial charge >= 0.3 is 5.97 Å². The van der Waals surface area contributed by atoms with E-state index in [1.165, 1.54) is 0 Å². The maximum atomic E-state index is 12.1. The Hall–Kier alpha value is -2.73. The van der Waals surface area contributed by atoms with Crippen LogP contribution < -0.4 is 10.6 Å². The van der Waals surface area contributed by atoms with Crippen molar-refractivity contribution in [3.8, 4) is 5.75 Å². The van der Waals surface area contributed by atoms with Gasteiger partial charge in [0, 0.05) is 18.7 Å². The van der Waals surface area contributed by atoms with Gasteiger partial charge in [0.25, 0.3) is 0 Å². The molecule has 6 nitrogen and oxygen atoms in total. The molecule has 1 aliphatic rings. The fourth-order valence-corrected chi connectivity index (χ4v) is 2.88. The number of ether oxygens (including phenoxy) is 2. The highest BCUT2D eigenvalue weighted by atomic mass is 16.5. The number of rotatable bonds is 7. The number of nitrogens with one attached hydrogen (secondary N) is 2. The SMILES string of the molecule is CCOC(=O)c1ccc(NC2CCOC2)c(NCc2ccccc2O)c1. The van der Waals surface area contributed by atoms with Gasteiger partial charge in [-0.1, -0.05) is 18.2 Å². The Labute approximate surface area is 153 Å². The number of phenolic OH excluding ortho intramolecular Hbond substituents is 1. The number of anilines is 2. The predicted octanol–water partition coefficient (Wildman–Crippen LogP) is 3.38. The van der Waals surface area contributed by atoms with Crippen LogP contribution in [0.5, 0.6) is 5.75 Å². The van der Waals surface area contributed by atoms with Crippen LogP contribution in [0, 0.1) is 0 Å². The van der Waals surface area contributed by atoms with Gasteiger partial charge < -0.3 is 25.2 Å². The number of benzene rings is 2. The third kappa shape index (κ3) is 4.46. The van der Waals surface area contributed by atoms with Crippen LogP contribution in [0.15, 0.2) is 42.5 Å². The van der Waals surface area contributed by atoms with Crippen LogP contribution in [0.1, 0.15) is 29.3 Å². The Morgan fingerprint density at radius 2 is 2.12 bits per heavy atom. The molecule has 3 N–H and O–H groups in total. The zero-order chi connectivity index (χ0) is 18.4. The number of hydrogen-bond acceptors (Lipinski definition) is 6. The first-order valence-electron chi connectivity index (χ1n) is 8.83. The molecule has 0 saturated carbocycles. The molecule has 1 aliphatic heterocycles. The van der Waals surface area contributed by atoms with Crippen LogP contribution in [0.2, 0.25) is 0 Å². The second-order valence-corrected chi connectivity index (χ2v) is 6.17. The number of carbonyl (C=O) groups is 1. The lowest BCUT2D eigenvalue weighted by atomic mass is 10.1. The van der Waals surface area contributed by atoms with E-state index in [-0.39, 0.29) is 17.8 Å². The third-order valence-electron chi connectivity index (χ3n) is 4.28. The number of aromatic hydroxyl groups is 1. The lowest BCUT2D eigenvalue weighted by molar-refractivity contribution is 0.0526. The van der Waals surface area contributed by atoms with Gasteiger partial charge in [0.15, 0.2) is 0 Å². The summed E-state index contributed by atoms with van der Waals surface area (Å²) >= 11 is 0. The quantitative estimate of drug-likeness (QED) is 0.660. The molecule has 6 heteroatoms. The molecule has 0 spiro atoms. The normalized spacial score (nSPS) is 16.3.